The van der Waals surface area contributed by atoms with E-state index < -0.39 is 0 Å². The standard InChI is InChI=1S/C26H29N3O2/c30-25(28-19-24(29-16-6-7-17-29)21-9-2-1-3-10-21)14-15-27-26(31)23-13-12-20-8-4-5-11-22(20)18-23/h1-5,8-13,18,24H,6-7,14-17,19H2,(H,27,31)(H,28,30). The molecule has 0 aromatic heterocycles. The summed E-state index contributed by atoms with van der Waals surface area (Å²) >= 11 is 0. The van der Waals surface area contributed by atoms with Crippen molar-refractivity contribution in [1.82, 2.24) is 15.5 Å². The Morgan fingerprint density at radius 2 is 1.55 bits per heavy atom. The maximum atomic E-state index is 12.4. The fourth-order valence-electron chi connectivity index (χ4n) is 4.21. The van der Waals surface area contributed by atoms with Crippen LogP contribution in [0.4, 0.5) is 0 Å². The highest BCUT2D eigenvalue weighted by atomic mass is 16.2. The first-order chi connectivity index (χ1) is 15.2. The summed E-state index contributed by atoms with van der Waals surface area (Å²) in [7, 11) is 0. The monoisotopic (exact) mass is 415 g/mol. The van der Waals surface area contributed by atoms with Gasteiger partial charge in [0.25, 0.3) is 5.91 Å². The first-order valence-corrected chi connectivity index (χ1v) is 11.0. The van der Waals surface area contributed by atoms with E-state index in [2.05, 4.69) is 27.7 Å². The average molecular weight is 416 g/mol. The molecule has 5 heteroatoms. The topological polar surface area (TPSA) is 61.4 Å². The Morgan fingerprint density at radius 1 is 0.839 bits per heavy atom. The lowest BCUT2D eigenvalue weighted by molar-refractivity contribution is -0.121. The van der Waals surface area contributed by atoms with Crippen LogP contribution >= 0.6 is 0 Å². The van der Waals surface area contributed by atoms with E-state index in [-0.39, 0.29) is 24.3 Å². The van der Waals surface area contributed by atoms with Crippen LogP contribution in [0.2, 0.25) is 0 Å². The number of rotatable bonds is 8. The van der Waals surface area contributed by atoms with Gasteiger partial charge in [-0.1, -0.05) is 60.7 Å². The van der Waals surface area contributed by atoms with Crippen LogP contribution in [-0.2, 0) is 4.79 Å². The third-order valence-electron chi connectivity index (χ3n) is 5.91. The molecule has 1 unspecified atom stereocenters. The molecule has 1 aliphatic heterocycles. The van der Waals surface area contributed by atoms with E-state index in [0.29, 0.717) is 18.7 Å². The summed E-state index contributed by atoms with van der Waals surface area (Å²) in [6, 6.07) is 24.1. The SMILES string of the molecule is O=C(CCNC(=O)c1ccc2ccccc2c1)NCC(c1ccccc1)N1CCCC1. The molecule has 0 aliphatic carbocycles. The molecule has 1 aliphatic rings. The predicted octanol–water partition coefficient (Wildman–Crippen LogP) is 3.91. The van der Waals surface area contributed by atoms with E-state index >= 15 is 0 Å². The lowest BCUT2D eigenvalue weighted by Crippen LogP contribution is -2.38. The molecule has 0 saturated carbocycles. The quantitative estimate of drug-likeness (QED) is 0.586. The lowest BCUT2D eigenvalue weighted by atomic mass is 10.1. The molecule has 0 spiro atoms. The van der Waals surface area contributed by atoms with Gasteiger partial charge in [0.05, 0.1) is 6.04 Å². The van der Waals surface area contributed by atoms with Gasteiger partial charge in [-0.2, -0.15) is 0 Å². The third-order valence-corrected chi connectivity index (χ3v) is 5.91. The zero-order valence-corrected chi connectivity index (χ0v) is 17.7. The minimum absolute atomic E-state index is 0.0426. The van der Waals surface area contributed by atoms with Gasteiger partial charge in [-0.3, -0.25) is 14.5 Å². The van der Waals surface area contributed by atoms with Gasteiger partial charge >= 0.3 is 0 Å². The number of fused-ring (bicyclic) bond motifs is 1. The molecule has 1 atom stereocenters. The van der Waals surface area contributed by atoms with Crippen LogP contribution in [0.15, 0.2) is 72.8 Å². The van der Waals surface area contributed by atoms with Crippen LogP contribution in [0, 0.1) is 0 Å². The van der Waals surface area contributed by atoms with E-state index in [1.54, 1.807) is 0 Å². The summed E-state index contributed by atoms with van der Waals surface area (Å²) in [6.07, 6.45) is 2.68. The Hall–Kier alpha value is -3.18. The summed E-state index contributed by atoms with van der Waals surface area (Å²) in [5, 5.41) is 8.05. The second-order valence-electron chi connectivity index (χ2n) is 8.04. The van der Waals surface area contributed by atoms with Crippen molar-refractivity contribution < 1.29 is 9.59 Å². The molecule has 1 heterocycles. The summed E-state index contributed by atoms with van der Waals surface area (Å²) in [6.45, 7) is 3.03. The number of carbonyl (C=O) groups is 2. The van der Waals surface area contributed by atoms with Crippen LogP contribution in [0.3, 0.4) is 0 Å². The number of hydrogen-bond acceptors (Lipinski definition) is 3. The number of carbonyl (C=O) groups excluding carboxylic acids is 2. The molecule has 3 aromatic rings. The van der Waals surface area contributed by atoms with E-state index in [0.717, 1.165) is 23.9 Å². The van der Waals surface area contributed by atoms with E-state index in [1.807, 2.05) is 60.7 Å². The number of nitrogens with one attached hydrogen (secondary N) is 2. The fraction of sp³-hybridized carbons (Fsp3) is 0.308. The van der Waals surface area contributed by atoms with Gasteiger partial charge in [0.2, 0.25) is 5.91 Å². The molecule has 3 aromatic carbocycles. The van der Waals surface area contributed by atoms with Crippen molar-refractivity contribution in [2.45, 2.75) is 25.3 Å². The predicted molar refractivity (Wildman–Crippen MR) is 124 cm³/mol. The van der Waals surface area contributed by atoms with Gasteiger partial charge < -0.3 is 10.6 Å². The van der Waals surface area contributed by atoms with Crippen molar-refractivity contribution in [2.75, 3.05) is 26.2 Å². The molecular weight excluding hydrogens is 386 g/mol. The van der Waals surface area contributed by atoms with Crippen molar-refractivity contribution in [3.05, 3.63) is 83.9 Å². The molecule has 5 nitrogen and oxygen atoms in total. The normalized spacial score (nSPS) is 15.0. The van der Waals surface area contributed by atoms with Crippen molar-refractivity contribution >= 4 is 22.6 Å². The van der Waals surface area contributed by atoms with Gasteiger partial charge in [-0.25, -0.2) is 0 Å². The second-order valence-corrected chi connectivity index (χ2v) is 8.04. The highest BCUT2D eigenvalue weighted by Crippen LogP contribution is 2.24. The summed E-state index contributed by atoms with van der Waals surface area (Å²) in [4.78, 5) is 27.3. The fourth-order valence-corrected chi connectivity index (χ4v) is 4.21. The summed E-state index contributed by atoms with van der Waals surface area (Å²) in [5.74, 6) is -0.197. The van der Waals surface area contributed by atoms with Crippen LogP contribution in [0.5, 0.6) is 0 Å². The van der Waals surface area contributed by atoms with Crippen LogP contribution in [0.1, 0.15) is 41.2 Å². The maximum absolute atomic E-state index is 12.4. The molecule has 4 rings (SSSR count). The van der Waals surface area contributed by atoms with Crippen LogP contribution in [-0.4, -0.2) is 42.9 Å². The van der Waals surface area contributed by atoms with Gasteiger partial charge in [-0.05, 0) is 54.4 Å². The third kappa shape index (κ3) is 5.50. The first-order valence-electron chi connectivity index (χ1n) is 11.0. The van der Waals surface area contributed by atoms with E-state index in [9.17, 15) is 9.59 Å². The Kier molecular flexibility index (Phi) is 6.95. The second kappa shape index (κ2) is 10.2. The highest BCUT2D eigenvalue weighted by molar-refractivity contribution is 5.98. The maximum Gasteiger partial charge on any atom is 0.251 e. The molecule has 1 saturated heterocycles. The molecule has 2 amide bonds. The zero-order chi connectivity index (χ0) is 21.5. The average Bonchev–Trinajstić information content (AvgIpc) is 3.34. The molecular formula is C26H29N3O2. The minimum atomic E-state index is -0.155. The van der Waals surface area contributed by atoms with Gasteiger partial charge in [0.1, 0.15) is 0 Å². The van der Waals surface area contributed by atoms with Gasteiger partial charge in [0.15, 0.2) is 0 Å². The Labute approximate surface area is 183 Å². The number of likely N-dealkylation sites (tertiary alicyclic amines) is 1. The lowest BCUT2D eigenvalue weighted by Gasteiger charge is -2.28. The number of hydrogen-bond donors (Lipinski definition) is 2. The molecule has 2 N–H and O–H groups in total. The molecule has 31 heavy (non-hydrogen) atoms. The Bertz CT molecular complexity index is 1030. The zero-order valence-electron chi connectivity index (χ0n) is 17.7. The molecule has 0 radical (unpaired) electrons. The number of benzene rings is 3. The van der Waals surface area contributed by atoms with Crippen molar-refractivity contribution in [3.8, 4) is 0 Å². The van der Waals surface area contributed by atoms with Gasteiger partial charge in [0, 0.05) is 25.1 Å². The highest BCUT2D eigenvalue weighted by Gasteiger charge is 2.23. The minimum Gasteiger partial charge on any atom is -0.354 e. The molecule has 160 valence electrons. The smallest absolute Gasteiger partial charge is 0.251 e. The van der Waals surface area contributed by atoms with E-state index in [1.165, 1.54) is 18.4 Å². The van der Waals surface area contributed by atoms with Crippen LogP contribution < -0.4 is 10.6 Å². The van der Waals surface area contributed by atoms with Gasteiger partial charge in [-0.15, -0.1) is 0 Å². The molecule has 1 fully saturated rings. The summed E-state index contributed by atoms with van der Waals surface area (Å²) < 4.78 is 0. The summed E-state index contributed by atoms with van der Waals surface area (Å²) in [5.41, 5.74) is 1.84. The van der Waals surface area contributed by atoms with E-state index in [4.69, 9.17) is 0 Å². The number of nitrogens with zero attached hydrogens (tertiary/aromatic N) is 1. The number of amides is 2. The Morgan fingerprint density at radius 3 is 2.32 bits per heavy atom. The Balaban J connectivity index is 1.26. The first kappa shape index (κ1) is 21.1. The van der Waals surface area contributed by atoms with Crippen LogP contribution in [0.25, 0.3) is 10.8 Å². The molecule has 0 bridgehead atoms. The van der Waals surface area contributed by atoms with Crippen molar-refractivity contribution in [2.24, 2.45) is 0 Å². The van der Waals surface area contributed by atoms with Crippen molar-refractivity contribution in [3.63, 3.8) is 0 Å². The van der Waals surface area contributed by atoms with Crippen molar-refractivity contribution in [1.29, 1.82) is 0 Å². The largest absolute Gasteiger partial charge is 0.354 e.